The molecule has 5 rings (SSSR count). The Labute approximate surface area is 183 Å². The monoisotopic (exact) mass is 432 g/mol. The minimum atomic E-state index is -0.289. The number of fused-ring (bicyclic) bond motifs is 1. The molecule has 1 fully saturated rings. The van der Waals surface area contributed by atoms with Gasteiger partial charge in [-0.1, -0.05) is 23.9 Å². The number of nitriles is 1. The van der Waals surface area contributed by atoms with Crippen LogP contribution in [0.3, 0.4) is 0 Å². The molecule has 31 heavy (non-hydrogen) atoms. The molecule has 0 aliphatic carbocycles. The van der Waals surface area contributed by atoms with Crippen LogP contribution in [0.15, 0.2) is 58.7 Å². The molecule has 0 bridgehead atoms. The summed E-state index contributed by atoms with van der Waals surface area (Å²) in [4.78, 5) is 1.29. The normalized spacial score (nSPS) is 16.5. The third-order valence-corrected chi connectivity index (χ3v) is 6.71. The van der Waals surface area contributed by atoms with Gasteiger partial charge in [0.25, 0.3) is 0 Å². The molecule has 0 unspecified atom stereocenters. The number of halogens is 1. The molecule has 3 aromatic heterocycles. The van der Waals surface area contributed by atoms with Gasteiger partial charge < -0.3 is 5.32 Å². The van der Waals surface area contributed by atoms with Gasteiger partial charge in [-0.3, -0.25) is 4.68 Å². The smallest absolute Gasteiger partial charge is 0.137 e. The number of nitrogens with zero attached hydrogens (tertiary/aromatic N) is 5. The zero-order valence-corrected chi connectivity index (χ0v) is 17.9. The summed E-state index contributed by atoms with van der Waals surface area (Å²) in [6.45, 7) is 3.97. The Hall–Kier alpha value is -3.15. The summed E-state index contributed by atoms with van der Waals surface area (Å²) in [5, 5.41) is 22.1. The second-order valence-electron chi connectivity index (χ2n) is 7.70. The van der Waals surface area contributed by atoms with Crippen LogP contribution in [0.25, 0.3) is 16.6 Å². The lowest BCUT2D eigenvalue weighted by Gasteiger charge is -2.22. The van der Waals surface area contributed by atoms with Crippen LogP contribution in [-0.2, 0) is 0 Å². The Kier molecular flexibility index (Phi) is 5.22. The van der Waals surface area contributed by atoms with Crippen molar-refractivity contribution in [3.8, 4) is 17.2 Å². The summed E-state index contributed by atoms with van der Waals surface area (Å²) in [7, 11) is 0. The standard InChI is InChI=1S/C23H21FN6S/c1-15-19(14-29(28-15)18-5-4-8-26-12-18)16-9-22(31-21-7-3-2-6-20(21)24)23-17(10-25)11-27-30(23)13-16/h2-3,6-7,9,11,13-14,18,26H,4-5,8,12H2,1H3/t18-/m0/s1. The molecule has 1 aliphatic rings. The molecular formula is C23H21FN6S. The number of nitrogens with one attached hydrogen (secondary N) is 1. The molecule has 4 heterocycles. The van der Waals surface area contributed by atoms with Gasteiger partial charge in [-0.15, -0.1) is 0 Å². The van der Waals surface area contributed by atoms with Gasteiger partial charge in [-0.2, -0.15) is 15.5 Å². The number of rotatable bonds is 4. The van der Waals surface area contributed by atoms with Gasteiger partial charge in [0.1, 0.15) is 11.9 Å². The third kappa shape index (κ3) is 3.71. The summed E-state index contributed by atoms with van der Waals surface area (Å²) in [5.41, 5.74) is 4.02. The highest BCUT2D eigenvalue weighted by Crippen LogP contribution is 2.37. The van der Waals surface area contributed by atoms with E-state index in [0.29, 0.717) is 22.0 Å². The Morgan fingerprint density at radius 1 is 1.26 bits per heavy atom. The lowest BCUT2D eigenvalue weighted by atomic mass is 10.1. The van der Waals surface area contributed by atoms with E-state index in [-0.39, 0.29) is 5.82 Å². The van der Waals surface area contributed by atoms with E-state index in [1.54, 1.807) is 28.9 Å². The van der Waals surface area contributed by atoms with Gasteiger partial charge in [0.15, 0.2) is 0 Å². The fraction of sp³-hybridized carbons (Fsp3) is 0.261. The van der Waals surface area contributed by atoms with Gasteiger partial charge >= 0.3 is 0 Å². The number of hydrogen-bond donors (Lipinski definition) is 1. The highest BCUT2D eigenvalue weighted by Gasteiger charge is 2.20. The predicted molar refractivity (Wildman–Crippen MR) is 118 cm³/mol. The van der Waals surface area contributed by atoms with E-state index in [4.69, 9.17) is 5.10 Å². The van der Waals surface area contributed by atoms with Crippen molar-refractivity contribution < 1.29 is 4.39 Å². The third-order valence-electron chi connectivity index (χ3n) is 5.63. The molecule has 1 aliphatic heterocycles. The average molecular weight is 433 g/mol. The van der Waals surface area contributed by atoms with Crippen molar-refractivity contribution in [3.63, 3.8) is 0 Å². The van der Waals surface area contributed by atoms with Crippen LogP contribution in [-0.4, -0.2) is 32.5 Å². The minimum absolute atomic E-state index is 0.289. The first-order valence-corrected chi connectivity index (χ1v) is 11.1. The molecule has 0 radical (unpaired) electrons. The SMILES string of the molecule is Cc1nn([C@H]2CCCNC2)cc1-c1cc(Sc2ccccc2F)c2c(C#N)cnn2c1. The van der Waals surface area contributed by atoms with Crippen molar-refractivity contribution in [1.82, 2.24) is 24.7 Å². The molecule has 0 spiro atoms. The minimum Gasteiger partial charge on any atom is -0.315 e. The van der Waals surface area contributed by atoms with E-state index >= 15 is 0 Å². The van der Waals surface area contributed by atoms with Gasteiger partial charge in [-0.05, 0) is 44.5 Å². The van der Waals surface area contributed by atoms with Crippen molar-refractivity contribution in [2.45, 2.75) is 35.6 Å². The fourth-order valence-corrected chi connectivity index (χ4v) is 5.08. The number of piperidine rings is 1. The Morgan fingerprint density at radius 2 is 2.13 bits per heavy atom. The predicted octanol–water partition coefficient (Wildman–Crippen LogP) is 4.59. The van der Waals surface area contributed by atoms with E-state index in [2.05, 4.69) is 27.4 Å². The van der Waals surface area contributed by atoms with Gasteiger partial charge in [0.05, 0.1) is 29.0 Å². The van der Waals surface area contributed by atoms with Gasteiger partial charge in [-0.25, -0.2) is 8.91 Å². The topological polar surface area (TPSA) is 70.9 Å². The zero-order chi connectivity index (χ0) is 21.4. The first-order valence-electron chi connectivity index (χ1n) is 10.2. The van der Waals surface area contributed by atoms with Crippen molar-refractivity contribution >= 4 is 17.3 Å². The van der Waals surface area contributed by atoms with Crippen LogP contribution in [0.1, 0.15) is 30.1 Å². The number of aryl methyl sites for hydroxylation is 1. The molecule has 0 saturated carbocycles. The second-order valence-corrected chi connectivity index (χ2v) is 8.78. The van der Waals surface area contributed by atoms with Crippen LogP contribution >= 0.6 is 11.8 Å². The highest BCUT2D eigenvalue weighted by atomic mass is 32.2. The summed E-state index contributed by atoms with van der Waals surface area (Å²) in [6.07, 6.45) is 7.79. The Balaban J connectivity index is 1.61. The van der Waals surface area contributed by atoms with Crippen LogP contribution in [0, 0.1) is 24.1 Å². The summed E-state index contributed by atoms with van der Waals surface area (Å²) < 4.78 is 18.1. The molecular weight excluding hydrogens is 411 g/mol. The molecule has 0 amide bonds. The molecule has 1 atom stereocenters. The maximum Gasteiger partial charge on any atom is 0.137 e. The van der Waals surface area contributed by atoms with E-state index < -0.39 is 0 Å². The van der Waals surface area contributed by atoms with Crippen molar-refractivity contribution in [3.05, 3.63) is 66.0 Å². The number of benzene rings is 1. The summed E-state index contributed by atoms with van der Waals surface area (Å²) in [6, 6.07) is 11.2. The van der Waals surface area contributed by atoms with Crippen LogP contribution < -0.4 is 5.32 Å². The van der Waals surface area contributed by atoms with Crippen molar-refractivity contribution in [2.24, 2.45) is 0 Å². The Bertz CT molecular complexity index is 1300. The fourth-order valence-electron chi connectivity index (χ4n) is 4.05. The number of aromatic nitrogens is 4. The van der Waals surface area contributed by atoms with Gasteiger partial charge in [0, 0.05) is 39.9 Å². The number of pyridine rings is 1. The average Bonchev–Trinajstić information content (AvgIpc) is 3.39. The first-order chi connectivity index (χ1) is 15.1. The quantitative estimate of drug-likeness (QED) is 0.511. The van der Waals surface area contributed by atoms with Crippen LogP contribution in [0.4, 0.5) is 4.39 Å². The molecule has 1 saturated heterocycles. The van der Waals surface area contributed by atoms with E-state index in [0.717, 1.165) is 47.6 Å². The van der Waals surface area contributed by atoms with E-state index in [1.807, 2.05) is 19.2 Å². The first kappa shape index (κ1) is 19.8. The Morgan fingerprint density at radius 3 is 2.90 bits per heavy atom. The molecule has 6 nitrogen and oxygen atoms in total. The lowest BCUT2D eigenvalue weighted by molar-refractivity contribution is 0.346. The maximum absolute atomic E-state index is 14.4. The number of hydrogen-bond acceptors (Lipinski definition) is 5. The summed E-state index contributed by atoms with van der Waals surface area (Å²) in [5.74, 6) is -0.289. The highest BCUT2D eigenvalue weighted by molar-refractivity contribution is 7.99. The van der Waals surface area contributed by atoms with E-state index in [1.165, 1.54) is 17.8 Å². The largest absolute Gasteiger partial charge is 0.315 e. The van der Waals surface area contributed by atoms with Crippen LogP contribution in [0.5, 0.6) is 0 Å². The molecule has 4 aromatic rings. The molecule has 156 valence electrons. The maximum atomic E-state index is 14.4. The van der Waals surface area contributed by atoms with E-state index in [9.17, 15) is 9.65 Å². The zero-order valence-electron chi connectivity index (χ0n) is 17.0. The molecule has 8 heteroatoms. The lowest BCUT2D eigenvalue weighted by Crippen LogP contribution is -2.31. The van der Waals surface area contributed by atoms with Crippen LogP contribution in [0.2, 0.25) is 0 Å². The summed E-state index contributed by atoms with van der Waals surface area (Å²) >= 11 is 1.30. The van der Waals surface area contributed by atoms with Crippen molar-refractivity contribution in [1.29, 1.82) is 5.26 Å². The van der Waals surface area contributed by atoms with Crippen molar-refractivity contribution in [2.75, 3.05) is 13.1 Å². The second kappa shape index (κ2) is 8.17. The molecule has 1 aromatic carbocycles. The molecule has 1 N–H and O–H groups in total. The van der Waals surface area contributed by atoms with Gasteiger partial charge in [0.2, 0.25) is 0 Å².